The Kier molecular flexibility index (Phi) is 4.12. The molecule has 0 saturated carbocycles. The smallest absolute Gasteiger partial charge is 0.137 e. The Morgan fingerprint density at radius 3 is 2.71 bits per heavy atom. The Morgan fingerprint density at radius 1 is 1.18 bits per heavy atom. The molecule has 0 fully saturated rings. The van der Waals surface area contributed by atoms with Crippen molar-refractivity contribution in [3.8, 4) is 0 Å². The lowest BCUT2D eigenvalue weighted by molar-refractivity contribution is 0.621. The highest BCUT2D eigenvalue weighted by Crippen LogP contribution is 2.20. The zero-order chi connectivity index (χ0) is 12.3. The van der Waals surface area contributed by atoms with E-state index in [4.69, 9.17) is 0 Å². The average Bonchev–Trinajstić information content (AvgIpc) is 2.31. The molecule has 1 heterocycles. The molecule has 1 N–H and O–H groups in total. The van der Waals surface area contributed by atoms with Crippen molar-refractivity contribution in [1.82, 2.24) is 4.98 Å². The molecule has 0 aliphatic carbocycles. The molecule has 2 aromatic rings. The maximum Gasteiger partial charge on any atom is 0.137 e. The van der Waals surface area contributed by atoms with Gasteiger partial charge in [-0.1, -0.05) is 0 Å². The van der Waals surface area contributed by atoms with Gasteiger partial charge in [0, 0.05) is 29.1 Å². The third-order valence-electron chi connectivity index (χ3n) is 2.18. The van der Waals surface area contributed by atoms with Gasteiger partial charge in [0.25, 0.3) is 0 Å². The SMILES string of the molecule is Fc1ccc(NCc2cncc(Br)c2)cc1Br. The van der Waals surface area contributed by atoms with Crippen molar-refractivity contribution in [3.63, 3.8) is 0 Å². The zero-order valence-corrected chi connectivity index (χ0v) is 11.9. The highest BCUT2D eigenvalue weighted by atomic mass is 79.9. The van der Waals surface area contributed by atoms with Crippen LogP contribution < -0.4 is 5.32 Å². The Hall–Kier alpha value is -0.940. The van der Waals surface area contributed by atoms with Gasteiger partial charge in [-0.25, -0.2) is 4.39 Å². The number of halogens is 3. The summed E-state index contributed by atoms with van der Waals surface area (Å²) >= 11 is 6.51. The molecule has 1 aromatic heterocycles. The van der Waals surface area contributed by atoms with E-state index in [9.17, 15) is 4.39 Å². The molecule has 0 atom stereocenters. The summed E-state index contributed by atoms with van der Waals surface area (Å²) in [5.74, 6) is -0.264. The molecular weight excluding hydrogens is 351 g/mol. The molecule has 0 aliphatic heterocycles. The summed E-state index contributed by atoms with van der Waals surface area (Å²) < 4.78 is 14.4. The van der Waals surface area contributed by atoms with Crippen molar-refractivity contribution in [2.45, 2.75) is 6.54 Å². The maximum absolute atomic E-state index is 13.0. The molecule has 0 amide bonds. The van der Waals surface area contributed by atoms with Gasteiger partial charge in [0.1, 0.15) is 5.82 Å². The molecule has 0 bridgehead atoms. The first-order valence-corrected chi connectivity index (χ1v) is 6.52. The molecule has 2 nitrogen and oxygen atoms in total. The second-order valence-electron chi connectivity index (χ2n) is 3.49. The first-order chi connectivity index (χ1) is 8.15. The number of rotatable bonds is 3. The number of hydrogen-bond donors (Lipinski definition) is 1. The number of pyridine rings is 1. The van der Waals surface area contributed by atoms with E-state index in [2.05, 4.69) is 42.2 Å². The van der Waals surface area contributed by atoms with Gasteiger partial charge in [0.05, 0.1) is 4.47 Å². The fourth-order valence-electron chi connectivity index (χ4n) is 1.36. The van der Waals surface area contributed by atoms with Crippen LogP contribution in [-0.4, -0.2) is 4.98 Å². The minimum absolute atomic E-state index is 0.264. The van der Waals surface area contributed by atoms with Crippen LogP contribution in [0.2, 0.25) is 0 Å². The number of nitrogens with one attached hydrogen (secondary N) is 1. The Morgan fingerprint density at radius 2 is 2.00 bits per heavy atom. The van der Waals surface area contributed by atoms with Crippen molar-refractivity contribution in [2.24, 2.45) is 0 Å². The van der Waals surface area contributed by atoms with Crippen molar-refractivity contribution >= 4 is 37.5 Å². The van der Waals surface area contributed by atoms with Crippen molar-refractivity contribution in [1.29, 1.82) is 0 Å². The van der Waals surface area contributed by atoms with Gasteiger partial charge >= 0.3 is 0 Å². The van der Waals surface area contributed by atoms with Crippen LogP contribution in [0.3, 0.4) is 0 Å². The van der Waals surface area contributed by atoms with E-state index in [1.165, 1.54) is 6.07 Å². The van der Waals surface area contributed by atoms with Crippen LogP contribution in [0.1, 0.15) is 5.56 Å². The van der Waals surface area contributed by atoms with Crippen molar-refractivity contribution < 1.29 is 4.39 Å². The fraction of sp³-hybridized carbons (Fsp3) is 0.0833. The lowest BCUT2D eigenvalue weighted by Gasteiger charge is -2.07. The lowest BCUT2D eigenvalue weighted by atomic mass is 10.2. The maximum atomic E-state index is 13.0. The summed E-state index contributed by atoms with van der Waals surface area (Å²) in [5.41, 5.74) is 1.91. The highest BCUT2D eigenvalue weighted by molar-refractivity contribution is 9.10. The van der Waals surface area contributed by atoms with Crippen LogP contribution in [0, 0.1) is 5.82 Å². The molecule has 0 saturated heterocycles. The summed E-state index contributed by atoms with van der Waals surface area (Å²) in [6.07, 6.45) is 3.52. The van der Waals surface area contributed by atoms with E-state index in [0.717, 1.165) is 15.7 Å². The predicted molar refractivity (Wildman–Crippen MR) is 73.4 cm³/mol. The standard InChI is InChI=1S/C12H9Br2FN2/c13-9-3-8(5-16-7-9)6-17-10-1-2-12(15)11(14)4-10/h1-5,7,17H,6H2. The quantitative estimate of drug-likeness (QED) is 0.880. The van der Waals surface area contributed by atoms with Crippen LogP contribution in [0.25, 0.3) is 0 Å². The number of aromatic nitrogens is 1. The molecule has 0 radical (unpaired) electrons. The van der Waals surface area contributed by atoms with Gasteiger partial charge in [-0.3, -0.25) is 4.98 Å². The molecule has 1 aromatic carbocycles. The van der Waals surface area contributed by atoms with Crippen LogP contribution >= 0.6 is 31.9 Å². The Balaban J connectivity index is 2.05. The van der Waals surface area contributed by atoms with E-state index in [-0.39, 0.29) is 5.82 Å². The van der Waals surface area contributed by atoms with Gasteiger partial charge in [-0.2, -0.15) is 0 Å². The minimum atomic E-state index is -0.264. The lowest BCUT2D eigenvalue weighted by Crippen LogP contribution is -2.00. The summed E-state index contributed by atoms with van der Waals surface area (Å²) in [7, 11) is 0. The minimum Gasteiger partial charge on any atom is -0.381 e. The van der Waals surface area contributed by atoms with Crippen molar-refractivity contribution in [3.05, 3.63) is 57.0 Å². The normalized spacial score (nSPS) is 10.3. The summed E-state index contributed by atoms with van der Waals surface area (Å²) in [6.45, 7) is 0.643. The van der Waals surface area contributed by atoms with Crippen LogP contribution in [0.5, 0.6) is 0 Å². The van der Waals surface area contributed by atoms with Crippen LogP contribution in [0.15, 0.2) is 45.6 Å². The molecule has 0 unspecified atom stereocenters. The van der Waals surface area contributed by atoms with E-state index in [1.807, 2.05) is 6.07 Å². The summed E-state index contributed by atoms with van der Waals surface area (Å²) in [6, 6.07) is 6.82. The van der Waals surface area contributed by atoms with E-state index >= 15 is 0 Å². The van der Waals surface area contributed by atoms with E-state index < -0.39 is 0 Å². The average molecular weight is 360 g/mol. The first-order valence-electron chi connectivity index (χ1n) is 4.93. The van der Waals surface area contributed by atoms with Gasteiger partial charge in [0.15, 0.2) is 0 Å². The molecule has 2 rings (SSSR count). The summed E-state index contributed by atoms with van der Waals surface area (Å²) in [4.78, 5) is 4.07. The molecule has 0 spiro atoms. The van der Waals surface area contributed by atoms with Gasteiger partial charge in [-0.15, -0.1) is 0 Å². The van der Waals surface area contributed by atoms with E-state index in [0.29, 0.717) is 11.0 Å². The third kappa shape index (κ3) is 3.51. The molecule has 5 heteroatoms. The van der Waals surface area contributed by atoms with Crippen LogP contribution in [0.4, 0.5) is 10.1 Å². The molecule has 0 aliphatic rings. The van der Waals surface area contributed by atoms with Gasteiger partial charge in [0.2, 0.25) is 0 Å². The zero-order valence-electron chi connectivity index (χ0n) is 8.75. The Labute approximate surface area is 116 Å². The second-order valence-corrected chi connectivity index (χ2v) is 5.26. The van der Waals surface area contributed by atoms with Gasteiger partial charge < -0.3 is 5.32 Å². The number of anilines is 1. The van der Waals surface area contributed by atoms with Crippen LogP contribution in [-0.2, 0) is 6.54 Å². The van der Waals surface area contributed by atoms with E-state index in [1.54, 1.807) is 24.5 Å². The third-order valence-corrected chi connectivity index (χ3v) is 3.22. The number of nitrogens with zero attached hydrogens (tertiary/aromatic N) is 1. The van der Waals surface area contributed by atoms with Gasteiger partial charge in [-0.05, 0) is 61.7 Å². The monoisotopic (exact) mass is 358 g/mol. The molecule has 17 heavy (non-hydrogen) atoms. The highest BCUT2D eigenvalue weighted by Gasteiger charge is 2.00. The molecule has 88 valence electrons. The first kappa shape index (κ1) is 12.5. The predicted octanol–water partition coefficient (Wildman–Crippen LogP) is 4.36. The summed E-state index contributed by atoms with van der Waals surface area (Å²) in [5, 5.41) is 3.20. The number of benzene rings is 1. The second kappa shape index (κ2) is 5.60. The van der Waals surface area contributed by atoms with Crippen molar-refractivity contribution in [2.75, 3.05) is 5.32 Å². The fourth-order valence-corrected chi connectivity index (χ4v) is 2.15. The Bertz CT molecular complexity index is 532. The number of hydrogen-bond acceptors (Lipinski definition) is 2. The topological polar surface area (TPSA) is 24.9 Å². The largest absolute Gasteiger partial charge is 0.381 e. The molecular formula is C12H9Br2FN2.